The van der Waals surface area contributed by atoms with Crippen molar-refractivity contribution in [2.24, 2.45) is 0 Å². The van der Waals surface area contributed by atoms with E-state index in [4.69, 9.17) is 15.6 Å². The zero-order valence-electron chi connectivity index (χ0n) is 19.6. The summed E-state index contributed by atoms with van der Waals surface area (Å²) >= 11 is 0. The van der Waals surface area contributed by atoms with Crippen molar-refractivity contribution in [3.8, 4) is 11.8 Å². The molecule has 4 heterocycles. The molecule has 0 spiro atoms. The number of amides is 1. The largest absolute Gasteiger partial charge is 0.444 e. The smallest absolute Gasteiger partial charge is 0.410 e. The lowest BCUT2D eigenvalue weighted by Gasteiger charge is -2.24. The van der Waals surface area contributed by atoms with Crippen LogP contribution in [0.1, 0.15) is 50.3 Å². The van der Waals surface area contributed by atoms with Gasteiger partial charge < -0.3 is 20.4 Å². The number of aryl methyl sites for hydroxylation is 1. The van der Waals surface area contributed by atoms with Gasteiger partial charge in [-0.1, -0.05) is 5.92 Å². The minimum absolute atomic E-state index is 0.0656. The number of imidazole rings is 1. The highest BCUT2D eigenvalue weighted by molar-refractivity contribution is 5.90. The van der Waals surface area contributed by atoms with E-state index in [9.17, 15) is 4.79 Å². The quantitative estimate of drug-likeness (QED) is 0.419. The van der Waals surface area contributed by atoms with E-state index < -0.39 is 5.60 Å². The summed E-state index contributed by atoms with van der Waals surface area (Å²) < 4.78 is 7.33. The number of aromatic nitrogens is 6. The van der Waals surface area contributed by atoms with Crippen LogP contribution in [0.4, 0.5) is 10.6 Å². The van der Waals surface area contributed by atoms with Gasteiger partial charge in [-0.2, -0.15) is 5.10 Å². The SMILES string of the molecule is Cc1nc2ccc(C#Cc3nn([C@H]4CCN(C(=O)OC(C)(C)C)C4)c4ncnc(N)c34)cc2[nH]1. The molecule has 174 valence electrons. The van der Waals surface area contributed by atoms with E-state index in [1.165, 1.54) is 6.33 Å². The Morgan fingerprint density at radius 1 is 1.26 bits per heavy atom. The number of nitrogens with zero attached hydrogens (tertiary/aromatic N) is 6. The second-order valence-electron chi connectivity index (χ2n) is 9.42. The van der Waals surface area contributed by atoms with E-state index in [1.54, 1.807) is 4.90 Å². The number of rotatable bonds is 1. The summed E-state index contributed by atoms with van der Waals surface area (Å²) in [7, 11) is 0. The number of hydrogen-bond donors (Lipinski definition) is 2. The van der Waals surface area contributed by atoms with E-state index in [1.807, 2.05) is 50.6 Å². The monoisotopic (exact) mass is 458 g/mol. The average molecular weight is 459 g/mol. The Labute approximate surface area is 196 Å². The standard InChI is InChI=1S/C24H26N8O2/c1-14-28-17-7-5-15(11-19(17)29-14)6-8-18-20-21(25)26-13-27-22(20)32(30-18)16-9-10-31(12-16)23(33)34-24(2,3)4/h5,7,11,13,16H,9-10,12H2,1-4H3,(H,28,29)(H2,25,26,27)/t16-/m0/s1. The number of ether oxygens (including phenoxy) is 1. The van der Waals surface area contributed by atoms with Crippen molar-refractivity contribution < 1.29 is 9.53 Å². The fraction of sp³-hybridized carbons (Fsp3) is 0.375. The summed E-state index contributed by atoms with van der Waals surface area (Å²) in [5.41, 5.74) is 9.40. The Kier molecular flexibility index (Phi) is 5.12. The second kappa shape index (κ2) is 8.02. The number of carbonyl (C=O) groups excluding carboxylic acids is 1. The lowest BCUT2D eigenvalue weighted by Crippen LogP contribution is -2.35. The number of carbonyl (C=O) groups is 1. The lowest BCUT2D eigenvalue weighted by molar-refractivity contribution is 0.0288. The molecule has 3 N–H and O–H groups in total. The lowest BCUT2D eigenvalue weighted by atomic mass is 10.2. The predicted octanol–water partition coefficient (Wildman–Crippen LogP) is 3.17. The summed E-state index contributed by atoms with van der Waals surface area (Å²) in [6, 6.07) is 5.74. The fourth-order valence-corrected chi connectivity index (χ4v) is 4.12. The molecule has 1 aliphatic rings. The predicted molar refractivity (Wildman–Crippen MR) is 128 cm³/mol. The van der Waals surface area contributed by atoms with E-state index in [-0.39, 0.29) is 12.1 Å². The highest BCUT2D eigenvalue weighted by Crippen LogP contribution is 2.29. The molecule has 5 rings (SSSR count). The van der Waals surface area contributed by atoms with Crippen molar-refractivity contribution in [2.45, 2.75) is 45.8 Å². The molecule has 3 aromatic heterocycles. The first-order valence-corrected chi connectivity index (χ1v) is 11.1. The third kappa shape index (κ3) is 4.12. The van der Waals surface area contributed by atoms with Crippen LogP contribution >= 0.6 is 0 Å². The number of benzene rings is 1. The number of H-pyrrole nitrogens is 1. The molecule has 1 fully saturated rings. The van der Waals surface area contributed by atoms with Gasteiger partial charge >= 0.3 is 6.09 Å². The topological polar surface area (TPSA) is 128 Å². The molecule has 10 nitrogen and oxygen atoms in total. The van der Waals surface area contributed by atoms with Gasteiger partial charge in [0.25, 0.3) is 0 Å². The van der Waals surface area contributed by atoms with Crippen LogP contribution in [0.15, 0.2) is 24.5 Å². The fourth-order valence-electron chi connectivity index (χ4n) is 4.12. The first-order valence-electron chi connectivity index (χ1n) is 11.1. The van der Waals surface area contributed by atoms with Crippen molar-refractivity contribution in [3.63, 3.8) is 0 Å². The van der Waals surface area contributed by atoms with Gasteiger partial charge in [-0.15, -0.1) is 0 Å². The third-order valence-corrected chi connectivity index (χ3v) is 5.60. The van der Waals surface area contributed by atoms with Crippen molar-refractivity contribution in [2.75, 3.05) is 18.8 Å². The highest BCUT2D eigenvalue weighted by Gasteiger charge is 2.32. The number of anilines is 1. The first-order chi connectivity index (χ1) is 16.2. The van der Waals surface area contributed by atoms with E-state index in [0.29, 0.717) is 35.6 Å². The third-order valence-electron chi connectivity index (χ3n) is 5.60. The van der Waals surface area contributed by atoms with Crippen LogP contribution in [-0.4, -0.2) is 59.4 Å². The van der Waals surface area contributed by atoms with Gasteiger partial charge in [0.05, 0.1) is 22.5 Å². The average Bonchev–Trinajstić information content (AvgIpc) is 3.47. The van der Waals surface area contributed by atoms with Crippen LogP contribution in [0.25, 0.3) is 22.1 Å². The Balaban J connectivity index is 1.47. The second-order valence-corrected chi connectivity index (χ2v) is 9.42. The molecule has 0 aliphatic carbocycles. The summed E-state index contributed by atoms with van der Waals surface area (Å²) in [6.07, 6.45) is 1.81. The van der Waals surface area contributed by atoms with Crippen molar-refractivity contribution in [3.05, 3.63) is 41.6 Å². The molecular weight excluding hydrogens is 432 g/mol. The van der Waals surface area contributed by atoms with Crippen LogP contribution in [0.2, 0.25) is 0 Å². The molecule has 0 bridgehead atoms. The molecule has 0 saturated carbocycles. The summed E-state index contributed by atoms with van der Waals surface area (Å²) in [5.74, 6) is 7.49. The van der Waals surface area contributed by atoms with Gasteiger partial charge in [0.1, 0.15) is 29.3 Å². The molecule has 10 heteroatoms. The van der Waals surface area contributed by atoms with Gasteiger partial charge in [-0.05, 0) is 58.2 Å². The molecule has 34 heavy (non-hydrogen) atoms. The van der Waals surface area contributed by atoms with E-state index in [2.05, 4.69) is 31.8 Å². The molecule has 1 aliphatic heterocycles. The molecule has 0 unspecified atom stereocenters. The van der Waals surface area contributed by atoms with Gasteiger partial charge in [-0.25, -0.2) is 24.4 Å². The zero-order valence-corrected chi connectivity index (χ0v) is 19.6. The van der Waals surface area contributed by atoms with Crippen LogP contribution in [0.3, 0.4) is 0 Å². The molecule has 1 aromatic carbocycles. The van der Waals surface area contributed by atoms with Crippen molar-refractivity contribution >= 4 is 34.0 Å². The Bertz CT molecular complexity index is 1470. The first kappa shape index (κ1) is 21.7. The Morgan fingerprint density at radius 2 is 2.09 bits per heavy atom. The van der Waals surface area contributed by atoms with Crippen LogP contribution in [0, 0.1) is 18.8 Å². The normalized spacial score (nSPS) is 16.1. The van der Waals surface area contributed by atoms with E-state index in [0.717, 1.165) is 28.8 Å². The van der Waals surface area contributed by atoms with Crippen LogP contribution in [0.5, 0.6) is 0 Å². The molecular formula is C24H26N8O2. The number of likely N-dealkylation sites (tertiary alicyclic amines) is 1. The van der Waals surface area contributed by atoms with E-state index >= 15 is 0 Å². The minimum Gasteiger partial charge on any atom is -0.444 e. The molecule has 4 aromatic rings. The van der Waals surface area contributed by atoms with Gasteiger partial charge in [0, 0.05) is 18.7 Å². The van der Waals surface area contributed by atoms with Crippen LogP contribution in [-0.2, 0) is 4.74 Å². The van der Waals surface area contributed by atoms with Gasteiger partial charge in [0.2, 0.25) is 0 Å². The van der Waals surface area contributed by atoms with Gasteiger partial charge in [-0.3, -0.25) is 0 Å². The minimum atomic E-state index is -0.546. The number of nitrogen functional groups attached to an aromatic ring is 1. The number of nitrogens with two attached hydrogens (primary N) is 1. The molecule has 1 amide bonds. The molecule has 1 atom stereocenters. The zero-order chi connectivity index (χ0) is 24.0. The molecule has 0 radical (unpaired) electrons. The maximum absolute atomic E-state index is 12.5. The Morgan fingerprint density at radius 3 is 2.88 bits per heavy atom. The summed E-state index contributed by atoms with van der Waals surface area (Å²) in [6.45, 7) is 8.53. The summed E-state index contributed by atoms with van der Waals surface area (Å²) in [5, 5.41) is 5.36. The molecule has 1 saturated heterocycles. The maximum Gasteiger partial charge on any atom is 0.410 e. The number of fused-ring (bicyclic) bond motifs is 2. The Hall–Kier alpha value is -4.13. The van der Waals surface area contributed by atoms with Gasteiger partial charge in [0.15, 0.2) is 5.65 Å². The van der Waals surface area contributed by atoms with Crippen molar-refractivity contribution in [1.82, 2.24) is 34.6 Å². The van der Waals surface area contributed by atoms with Crippen LogP contribution < -0.4 is 5.73 Å². The number of nitrogens with one attached hydrogen (secondary N) is 1. The highest BCUT2D eigenvalue weighted by atomic mass is 16.6. The maximum atomic E-state index is 12.5. The summed E-state index contributed by atoms with van der Waals surface area (Å²) in [4.78, 5) is 30.4. The number of aromatic amines is 1. The number of hydrogen-bond acceptors (Lipinski definition) is 7. The van der Waals surface area contributed by atoms with Crippen molar-refractivity contribution in [1.29, 1.82) is 0 Å².